The first kappa shape index (κ1) is 12.6. The summed E-state index contributed by atoms with van der Waals surface area (Å²) in [6, 6.07) is 15.8. The van der Waals surface area contributed by atoms with Gasteiger partial charge in [-0.05, 0) is 78.1 Å². The highest BCUT2D eigenvalue weighted by Crippen LogP contribution is 2.41. The van der Waals surface area contributed by atoms with Gasteiger partial charge in [-0.25, -0.2) is 0 Å². The Labute approximate surface area is 126 Å². The van der Waals surface area contributed by atoms with Crippen molar-refractivity contribution in [2.45, 2.75) is 33.6 Å². The molecule has 0 radical (unpaired) electrons. The summed E-state index contributed by atoms with van der Waals surface area (Å²) in [6.07, 6.45) is 2.19. The van der Waals surface area contributed by atoms with Crippen LogP contribution in [0.25, 0.3) is 16.7 Å². The summed E-state index contributed by atoms with van der Waals surface area (Å²) in [5.74, 6) is 0. The summed E-state index contributed by atoms with van der Waals surface area (Å²) in [6.45, 7) is 6.78. The van der Waals surface area contributed by atoms with Gasteiger partial charge in [0.25, 0.3) is 0 Å². The third-order valence-corrected chi connectivity index (χ3v) is 5.24. The SMILES string of the molecule is CC1=C(C)C(C)=C(c2ccc3c(c2)Cc2ccccc2-3)C1. The van der Waals surface area contributed by atoms with Crippen LogP contribution in [0.15, 0.2) is 59.2 Å². The first-order valence-corrected chi connectivity index (χ1v) is 7.73. The van der Waals surface area contributed by atoms with E-state index in [1.807, 2.05) is 0 Å². The highest BCUT2D eigenvalue weighted by atomic mass is 14.3. The first-order valence-electron chi connectivity index (χ1n) is 7.73. The predicted molar refractivity (Wildman–Crippen MR) is 90.3 cm³/mol. The van der Waals surface area contributed by atoms with E-state index in [4.69, 9.17) is 0 Å². The minimum atomic E-state index is 1.08. The molecule has 0 atom stereocenters. The fourth-order valence-corrected chi connectivity index (χ4v) is 3.73. The van der Waals surface area contributed by atoms with E-state index in [-0.39, 0.29) is 0 Å². The topological polar surface area (TPSA) is 0 Å². The summed E-state index contributed by atoms with van der Waals surface area (Å²) >= 11 is 0. The Hall–Kier alpha value is -2.08. The molecular weight excluding hydrogens is 252 g/mol. The quantitative estimate of drug-likeness (QED) is 0.527. The molecule has 4 rings (SSSR count). The van der Waals surface area contributed by atoms with E-state index in [1.54, 1.807) is 0 Å². The molecule has 0 N–H and O–H groups in total. The van der Waals surface area contributed by atoms with Gasteiger partial charge in [-0.1, -0.05) is 48.0 Å². The van der Waals surface area contributed by atoms with E-state index >= 15 is 0 Å². The van der Waals surface area contributed by atoms with E-state index in [2.05, 4.69) is 63.2 Å². The summed E-state index contributed by atoms with van der Waals surface area (Å²) in [5, 5.41) is 0. The minimum absolute atomic E-state index is 1.08. The van der Waals surface area contributed by atoms with E-state index in [0.717, 1.165) is 12.8 Å². The molecular formula is C21H20. The van der Waals surface area contributed by atoms with Crippen LogP contribution in [0, 0.1) is 0 Å². The molecule has 2 aliphatic carbocycles. The molecule has 0 spiro atoms. The second-order valence-electron chi connectivity index (χ2n) is 6.39. The molecule has 21 heavy (non-hydrogen) atoms. The molecule has 2 aromatic rings. The number of rotatable bonds is 1. The number of hydrogen-bond acceptors (Lipinski definition) is 0. The summed E-state index contributed by atoms with van der Waals surface area (Å²) in [4.78, 5) is 0. The molecule has 0 amide bonds. The van der Waals surface area contributed by atoms with Gasteiger partial charge in [0, 0.05) is 0 Å². The van der Waals surface area contributed by atoms with Crippen molar-refractivity contribution in [1.29, 1.82) is 0 Å². The van der Waals surface area contributed by atoms with Gasteiger partial charge >= 0.3 is 0 Å². The smallest absolute Gasteiger partial charge is 0.00132 e. The van der Waals surface area contributed by atoms with Crippen LogP contribution in [0.1, 0.15) is 43.9 Å². The van der Waals surface area contributed by atoms with Crippen LogP contribution in [0.4, 0.5) is 0 Å². The van der Waals surface area contributed by atoms with Crippen LogP contribution in [-0.2, 0) is 6.42 Å². The first-order chi connectivity index (χ1) is 10.1. The Kier molecular flexibility index (Phi) is 2.68. The van der Waals surface area contributed by atoms with E-state index < -0.39 is 0 Å². The number of benzene rings is 2. The molecule has 2 aromatic carbocycles. The van der Waals surface area contributed by atoms with Gasteiger partial charge in [0.2, 0.25) is 0 Å². The van der Waals surface area contributed by atoms with Crippen molar-refractivity contribution in [3.05, 3.63) is 75.9 Å². The van der Waals surface area contributed by atoms with Crippen molar-refractivity contribution in [3.8, 4) is 11.1 Å². The van der Waals surface area contributed by atoms with Crippen molar-refractivity contribution >= 4 is 5.57 Å². The van der Waals surface area contributed by atoms with Crippen molar-refractivity contribution in [2.75, 3.05) is 0 Å². The maximum absolute atomic E-state index is 2.42. The molecule has 0 aromatic heterocycles. The second kappa shape index (κ2) is 4.46. The normalized spacial score (nSPS) is 16.5. The third-order valence-electron chi connectivity index (χ3n) is 5.24. The lowest BCUT2D eigenvalue weighted by molar-refractivity contribution is 1.21. The van der Waals surface area contributed by atoms with Gasteiger partial charge in [0.15, 0.2) is 0 Å². The maximum Gasteiger partial charge on any atom is -0.00132 e. The Morgan fingerprint density at radius 2 is 1.48 bits per heavy atom. The zero-order valence-corrected chi connectivity index (χ0v) is 13.0. The predicted octanol–water partition coefficient (Wildman–Crippen LogP) is 5.77. The third kappa shape index (κ3) is 1.82. The largest absolute Gasteiger partial charge is 0.0657 e. The van der Waals surface area contributed by atoms with E-state index in [9.17, 15) is 0 Å². The van der Waals surface area contributed by atoms with Crippen LogP contribution in [-0.4, -0.2) is 0 Å². The molecule has 0 saturated carbocycles. The van der Waals surface area contributed by atoms with Crippen LogP contribution >= 0.6 is 0 Å². The zero-order valence-electron chi connectivity index (χ0n) is 13.0. The maximum atomic E-state index is 2.42. The molecule has 0 aliphatic heterocycles. The lowest BCUT2D eigenvalue weighted by atomic mass is 9.96. The van der Waals surface area contributed by atoms with Gasteiger partial charge in [0.1, 0.15) is 0 Å². The van der Waals surface area contributed by atoms with Gasteiger partial charge in [0.05, 0.1) is 0 Å². The Morgan fingerprint density at radius 3 is 2.24 bits per heavy atom. The lowest BCUT2D eigenvalue weighted by Gasteiger charge is -2.09. The zero-order chi connectivity index (χ0) is 14.6. The summed E-state index contributed by atoms with van der Waals surface area (Å²) in [7, 11) is 0. The summed E-state index contributed by atoms with van der Waals surface area (Å²) < 4.78 is 0. The number of fused-ring (bicyclic) bond motifs is 3. The van der Waals surface area contributed by atoms with Crippen molar-refractivity contribution in [3.63, 3.8) is 0 Å². The molecule has 0 bridgehead atoms. The van der Waals surface area contributed by atoms with Gasteiger partial charge < -0.3 is 0 Å². The molecule has 0 heteroatoms. The van der Waals surface area contributed by atoms with Crippen molar-refractivity contribution in [1.82, 2.24) is 0 Å². The molecule has 0 heterocycles. The lowest BCUT2D eigenvalue weighted by Crippen LogP contribution is -1.88. The van der Waals surface area contributed by atoms with Crippen LogP contribution in [0.5, 0.6) is 0 Å². The van der Waals surface area contributed by atoms with Crippen LogP contribution in [0.2, 0.25) is 0 Å². The second-order valence-corrected chi connectivity index (χ2v) is 6.39. The number of hydrogen-bond donors (Lipinski definition) is 0. The van der Waals surface area contributed by atoms with Gasteiger partial charge in [-0.15, -0.1) is 0 Å². The number of allylic oxidation sites excluding steroid dienone is 4. The average Bonchev–Trinajstić information content (AvgIpc) is 2.99. The summed E-state index contributed by atoms with van der Waals surface area (Å²) in [5.41, 5.74) is 13.2. The minimum Gasteiger partial charge on any atom is -0.0657 e. The fraction of sp³-hybridized carbons (Fsp3) is 0.238. The molecule has 2 aliphatic rings. The molecule has 104 valence electrons. The van der Waals surface area contributed by atoms with Crippen LogP contribution in [0.3, 0.4) is 0 Å². The fourth-order valence-electron chi connectivity index (χ4n) is 3.73. The van der Waals surface area contributed by atoms with E-state index in [1.165, 1.54) is 50.1 Å². The molecule has 0 saturated heterocycles. The van der Waals surface area contributed by atoms with Gasteiger partial charge in [-0.2, -0.15) is 0 Å². The van der Waals surface area contributed by atoms with Crippen molar-refractivity contribution < 1.29 is 0 Å². The van der Waals surface area contributed by atoms with E-state index in [0.29, 0.717) is 0 Å². The Balaban J connectivity index is 1.79. The Bertz CT molecular complexity index is 816. The monoisotopic (exact) mass is 272 g/mol. The van der Waals surface area contributed by atoms with Crippen LogP contribution < -0.4 is 0 Å². The highest BCUT2D eigenvalue weighted by Gasteiger charge is 2.21. The Morgan fingerprint density at radius 1 is 0.714 bits per heavy atom. The molecule has 0 nitrogen and oxygen atoms in total. The molecule has 0 unspecified atom stereocenters. The van der Waals surface area contributed by atoms with Gasteiger partial charge in [-0.3, -0.25) is 0 Å². The molecule has 0 fully saturated rings. The highest BCUT2D eigenvalue weighted by molar-refractivity contribution is 5.83. The average molecular weight is 272 g/mol. The van der Waals surface area contributed by atoms with Crippen molar-refractivity contribution in [2.24, 2.45) is 0 Å². The standard InChI is InChI=1S/C21H20/c1-13-10-21(15(3)14(13)2)17-8-9-20-18(12-17)11-16-6-4-5-7-19(16)20/h4-9,12H,10-11H2,1-3H3.